The van der Waals surface area contributed by atoms with Gasteiger partial charge in [-0.15, -0.1) is 0 Å². The number of benzene rings is 1. The lowest BCUT2D eigenvalue weighted by Gasteiger charge is -2.27. The number of carbonyl (C=O) groups is 3. The lowest BCUT2D eigenvalue weighted by Crippen LogP contribution is -2.34. The third-order valence-electron chi connectivity index (χ3n) is 5.19. The summed E-state index contributed by atoms with van der Waals surface area (Å²) in [5.41, 5.74) is 1.16. The maximum Gasteiger partial charge on any atom is 0.308 e. The molecule has 0 radical (unpaired) electrons. The first-order valence-corrected chi connectivity index (χ1v) is 11.5. The molecule has 1 heterocycles. The largest absolute Gasteiger partial charge is 0.490 e. The first kappa shape index (κ1) is 22.8. The third kappa shape index (κ3) is 6.82. The highest BCUT2D eigenvalue weighted by molar-refractivity contribution is 7.08. The minimum Gasteiger partial charge on any atom is -0.490 e. The molecule has 0 unspecified atom stereocenters. The molecule has 1 aromatic carbocycles. The molecule has 2 N–H and O–H groups in total. The Labute approximate surface area is 186 Å². The molecule has 0 atom stereocenters. The zero-order valence-corrected chi connectivity index (χ0v) is 18.4. The average molecular weight is 445 g/mol. The molecule has 1 aromatic heterocycles. The molecule has 7 nitrogen and oxygen atoms in total. The van der Waals surface area contributed by atoms with Crippen molar-refractivity contribution in [3.63, 3.8) is 0 Å². The summed E-state index contributed by atoms with van der Waals surface area (Å²) in [6.45, 7) is 2.94. The smallest absolute Gasteiger partial charge is 0.308 e. The Morgan fingerprint density at radius 2 is 1.58 bits per heavy atom. The standard InChI is InChI=1S/C23H28N2O5S/c1-2-29-23(28)17-5-9-20(10-6-17)30-19-7-3-16(4-8-19)21(26)24-12-13-25-22(27)18-11-14-31-15-18/h3-4,7-8,11,14-15,17,20H,2,5-6,9-10,12-13H2,1H3,(H,24,26)(H,25,27)/t17-,20+. The van der Waals surface area contributed by atoms with Crippen molar-refractivity contribution < 1.29 is 23.9 Å². The molecule has 8 heteroatoms. The van der Waals surface area contributed by atoms with Crippen molar-refractivity contribution in [2.24, 2.45) is 5.92 Å². The van der Waals surface area contributed by atoms with E-state index in [0.717, 1.165) is 25.7 Å². The van der Waals surface area contributed by atoms with Gasteiger partial charge in [0, 0.05) is 29.6 Å². The molecule has 0 saturated heterocycles. The summed E-state index contributed by atoms with van der Waals surface area (Å²) in [6, 6.07) is 8.77. The minimum absolute atomic E-state index is 0.0269. The molecule has 0 bridgehead atoms. The fraction of sp³-hybridized carbons (Fsp3) is 0.435. The molecule has 2 aromatic rings. The monoisotopic (exact) mass is 444 g/mol. The summed E-state index contributed by atoms with van der Waals surface area (Å²) >= 11 is 1.46. The highest BCUT2D eigenvalue weighted by Crippen LogP contribution is 2.28. The van der Waals surface area contributed by atoms with E-state index in [9.17, 15) is 14.4 Å². The molecule has 166 valence electrons. The summed E-state index contributed by atoms with van der Waals surface area (Å²) < 4.78 is 11.1. The fourth-order valence-electron chi connectivity index (χ4n) is 3.50. The SMILES string of the molecule is CCOC(=O)[C@H]1CC[C@@H](Oc2ccc(C(=O)NCCNC(=O)c3ccsc3)cc2)CC1. The van der Waals surface area contributed by atoms with Crippen molar-refractivity contribution in [3.05, 3.63) is 52.2 Å². The summed E-state index contributed by atoms with van der Waals surface area (Å²) in [7, 11) is 0. The van der Waals surface area contributed by atoms with Gasteiger partial charge in [-0.25, -0.2) is 0 Å². The van der Waals surface area contributed by atoms with Crippen LogP contribution in [0.1, 0.15) is 53.3 Å². The van der Waals surface area contributed by atoms with Gasteiger partial charge in [0.25, 0.3) is 11.8 Å². The first-order valence-electron chi connectivity index (χ1n) is 10.6. The van der Waals surface area contributed by atoms with Gasteiger partial charge in [0.2, 0.25) is 0 Å². The Balaban J connectivity index is 1.37. The van der Waals surface area contributed by atoms with Crippen molar-refractivity contribution in [1.82, 2.24) is 10.6 Å². The van der Waals surface area contributed by atoms with Crippen molar-refractivity contribution in [2.45, 2.75) is 38.7 Å². The molecular formula is C23H28N2O5S. The first-order chi connectivity index (χ1) is 15.1. The number of thiophene rings is 1. The van der Waals surface area contributed by atoms with Gasteiger partial charge < -0.3 is 20.1 Å². The molecule has 1 aliphatic carbocycles. The zero-order valence-electron chi connectivity index (χ0n) is 17.6. The van der Waals surface area contributed by atoms with E-state index >= 15 is 0 Å². The van der Waals surface area contributed by atoms with Gasteiger partial charge in [0.05, 0.1) is 18.6 Å². The summed E-state index contributed by atoms with van der Waals surface area (Å²) in [5.74, 6) is 0.224. The van der Waals surface area contributed by atoms with Crippen LogP contribution in [0.5, 0.6) is 5.75 Å². The number of ether oxygens (including phenoxy) is 2. The fourth-order valence-corrected chi connectivity index (χ4v) is 4.14. The predicted octanol–water partition coefficient (Wildman–Crippen LogP) is 3.41. The van der Waals surface area contributed by atoms with Gasteiger partial charge in [-0.3, -0.25) is 14.4 Å². The van der Waals surface area contributed by atoms with E-state index in [-0.39, 0.29) is 29.8 Å². The Hall–Kier alpha value is -2.87. The highest BCUT2D eigenvalue weighted by atomic mass is 32.1. The van der Waals surface area contributed by atoms with E-state index in [0.29, 0.717) is 36.6 Å². The molecular weight excluding hydrogens is 416 g/mol. The molecule has 31 heavy (non-hydrogen) atoms. The van der Waals surface area contributed by atoms with Crippen LogP contribution in [-0.2, 0) is 9.53 Å². The number of esters is 1. The number of rotatable bonds is 9. The van der Waals surface area contributed by atoms with E-state index in [1.54, 1.807) is 35.7 Å². The lowest BCUT2D eigenvalue weighted by atomic mass is 9.87. The van der Waals surface area contributed by atoms with Crippen LogP contribution >= 0.6 is 11.3 Å². The second-order valence-corrected chi connectivity index (χ2v) is 8.17. The van der Waals surface area contributed by atoms with Crippen LogP contribution in [0.3, 0.4) is 0 Å². The molecule has 0 spiro atoms. The second kappa shape index (κ2) is 11.5. The van der Waals surface area contributed by atoms with Gasteiger partial charge in [0.15, 0.2) is 0 Å². The Morgan fingerprint density at radius 3 is 2.16 bits per heavy atom. The van der Waals surface area contributed by atoms with Gasteiger partial charge >= 0.3 is 5.97 Å². The lowest BCUT2D eigenvalue weighted by molar-refractivity contribution is -0.149. The van der Waals surface area contributed by atoms with Crippen LogP contribution in [0, 0.1) is 5.92 Å². The van der Waals surface area contributed by atoms with Crippen LogP contribution in [0.15, 0.2) is 41.1 Å². The molecule has 0 aliphatic heterocycles. The Morgan fingerprint density at radius 1 is 0.935 bits per heavy atom. The summed E-state index contributed by atoms with van der Waals surface area (Å²) in [5, 5.41) is 9.19. The van der Waals surface area contributed by atoms with Gasteiger partial charge in [0.1, 0.15) is 5.75 Å². The number of amides is 2. The highest BCUT2D eigenvalue weighted by Gasteiger charge is 2.28. The number of carbonyl (C=O) groups excluding carboxylic acids is 3. The van der Waals surface area contributed by atoms with Crippen LogP contribution < -0.4 is 15.4 Å². The number of nitrogens with one attached hydrogen (secondary N) is 2. The summed E-state index contributed by atoms with van der Waals surface area (Å²) in [6.07, 6.45) is 3.23. The van der Waals surface area contributed by atoms with Crippen molar-refractivity contribution in [1.29, 1.82) is 0 Å². The van der Waals surface area contributed by atoms with E-state index in [1.165, 1.54) is 11.3 Å². The van der Waals surface area contributed by atoms with E-state index in [2.05, 4.69) is 10.6 Å². The molecule has 2 amide bonds. The molecule has 1 fully saturated rings. The van der Waals surface area contributed by atoms with Crippen molar-refractivity contribution in [2.75, 3.05) is 19.7 Å². The Kier molecular flexibility index (Phi) is 8.46. The topological polar surface area (TPSA) is 93.7 Å². The van der Waals surface area contributed by atoms with E-state index < -0.39 is 0 Å². The van der Waals surface area contributed by atoms with E-state index in [1.807, 2.05) is 12.3 Å². The number of hydrogen-bond acceptors (Lipinski definition) is 6. The summed E-state index contributed by atoms with van der Waals surface area (Å²) in [4.78, 5) is 35.9. The zero-order chi connectivity index (χ0) is 22.1. The average Bonchev–Trinajstić information content (AvgIpc) is 3.33. The van der Waals surface area contributed by atoms with Crippen molar-refractivity contribution >= 4 is 29.1 Å². The van der Waals surface area contributed by atoms with Crippen LogP contribution in [0.25, 0.3) is 0 Å². The molecule has 1 saturated carbocycles. The maximum atomic E-state index is 12.3. The third-order valence-corrected chi connectivity index (χ3v) is 5.88. The van der Waals surface area contributed by atoms with Crippen molar-refractivity contribution in [3.8, 4) is 5.75 Å². The van der Waals surface area contributed by atoms with Gasteiger partial charge in [-0.1, -0.05) is 0 Å². The predicted molar refractivity (Wildman–Crippen MR) is 118 cm³/mol. The molecule has 3 rings (SSSR count). The van der Waals surface area contributed by atoms with Crippen LogP contribution in [-0.4, -0.2) is 43.6 Å². The van der Waals surface area contributed by atoms with Gasteiger partial charge in [-0.2, -0.15) is 11.3 Å². The van der Waals surface area contributed by atoms with Gasteiger partial charge in [-0.05, 0) is 68.3 Å². The Bertz CT molecular complexity index is 859. The normalized spacial score (nSPS) is 18.1. The second-order valence-electron chi connectivity index (χ2n) is 7.39. The van der Waals surface area contributed by atoms with Crippen LogP contribution in [0.4, 0.5) is 0 Å². The van der Waals surface area contributed by atoms with E-state index in [4.69, 9.17) is 9.47 Å². The van der Waals surface area contributed by atoms with Crippen LogP contribution in [0.2, 0.25) is 0 Å². The quantitative estimate of drug-likeness (QED) is 0.457. The number of hydrogen-bond donors (Lipinski definition) is 2. The minimum atomic E-state index is -0.203. The molecule has 1 aliphatic rings. The maximum absolute atomic E-state index is 12.3.